The quantitative estimate of drug-likeness (QED) is 0.717. The van der Waals surface area contributed by atoms with Crippen molar-refractivity contribution in [3.05, 3.63) is 28.8 Å². The summed E-state index contributed by atoms with van der Waals surface area (Å²) in [5.74, 6) is 0.854. The Kier molecular flexibility index (Phi) is 4.75. The predicted molar refractivity (Wildman–Crippen MR) is 79.3 cm³/mol. The lowest BCUT2D eigenvalue weighted by Gasteiger charge is -2.20. The highest BCUT2D eigenvalue weighted by atomic mass is 79.9. The Morgan fingerprint density at radius 2 is 2.29 bits per heavy atom. The second-order valence-corrected chi connectivity index (χ2v) is 5.78. The van der Waals surface area contributed by atoms with Crippen LogP contribution in [-0.2, 0) is 5.33 Å². The summed E-state index contributed by atoms with van der Waals surface area (Å²) in [5.41, 5.74) is 2.44. The lowest BCUT2D eigenvalue weighted by molar-refractivity contribution is 0.530. The van der Waals surface area contributed by atoms with E-state index in [-0.39, 0.29) is 0 Å². The topological polar surface area (TPSA) is 3.24 Å². The van der Waals surface area contributed by atoms with E-state index in [0.717, 1.165) is 22.8 Å². The van der Waals surface area contributed by atoms with Gasteiger partial charge in [0.2, 0.25) is 0 Å². The monoisotopic (exact) mass is 315 g/mol. The molecule has 0 N–H and O–H groups in total. The molecule has 0 spiro atoms. The van der Waals surface area contributed by atoms with E-state index >= 15 is 0 Å². The summed E-state index contributed by atoms with van der Waals surface area (Å²) < 4.78 is 0. The summed E-state index contributed by atoms with van der Waals surface area (Å²) in [6.45, 7) is 4.58. The summed E-state index contributed by atoms with van der Waals surface area (Å²) in [7, 11) is 0. The van der Waals surface area contributed by atoms with Crippen LogP contribution >= 0.6 is 27.5 Å². The predicted octanol–water partition coefficient (Wildman–Crippen LogP) is 4.86. The molecule has 0 aliphatic carbocycles. The molecule has 0 bridgehead atoms. The molecule has 94 valence electrons. The van der Waals surface area contributed by atoms with E-state index in [0.29, 0.717) is 0 Å². The maximum absolute atomic E-state index is 6.35. The first-order chi connectivity index (χ1) is 8.24. The first-order valence-electron chi connectivity index (χ1n) is 6.34. The Morgan fingerprint density at radius 3 is 2.94 bits per heavy atom. The van der Waals surface area contributed by atoms with Gasteiger partial charge >= 0.3 is 0 Å². The molecule has 1 saturated heterocycles. The zero-order valence-corrected chi connectivity index (χ0v) is 12.6. The van der Waals surface area contributed by atoms with E-state index in [2.05, 4.69) is 46.0 Å². The van der Waals surface area contributed by atoms with Crippen molar-refractivity contribution in [2.45, 2.75) is 31.5 Å². The van der Waals surface area contributed by atoms with Gasteiger partial charge in [-0.3, -0.25) is 0 Å². The maximum Gasteiger partial charge on any atom is 0.0642 e. The number of rotatable bonds is 4. The number of hydrogen-bond donors (Lipinski definition) is 0. The van der Waals surface area contributed by atoms with Gasteiger partial charge in [-0.25, -0.2) is 0 Å². The Bertz CT molecular complexity index is 380. The second-order valence-electron chi connectivity index (χ2n) is 4.81. The number of halogens is 2. The Hall–Kier alpha value is -0.210. The number of anilines is 1. The van der Waals surface area contributed by atoms with Crippen LogP contribution in [-0.4, -0.2) is 13.1 Å². The summed E-state index contributed by atoms with van der Waals surface area (Å²) in [6, 6.07) is 6.38. The van der Waals surface area contributed by atoms with Crippen molar-refractivity contribution in [2.75, 3.05) is 18.0 Å². The fourth-order valence-electron chi connectivity index (χ4n) is 2.59. The fourth-order valence-corrected chi connectivity index (χ4v) is 3.26. The molecule has 0 saturated carbocycles. The van der Waals surface area contributed by atoms with Crippen LogP contribution in [0.3, 0.4) is 0 Å². The van der Waals surface area contributed by atoms with E-state index in [4.69, 9.17) is 11.6 Å². The second kappa shape index (κ2) is 6.10. The van der Waals surface area contributed by atoms with Gasteiger partial charge in [0.1, 0.15) is 0 Å². The third-order valence-corrected chi connectivity index (χ3v) is 4.44. The van der Waals surface area contributed by atoms with Gasteiger partial charge in [0.15, 0.2) is 0 Å². The highest BCUT2D eigenvalue weighted by molar-refractivity contribution is 9.08. The van der Waals surface area contributed by atoms with Crippen LogP contribution < -0.4 is 4.90 Å². The van der Waals surface area contributed by atoms with Gasteiger partial charge in [0.25, 0.3) is 0 Å². The van der Waals surface area contributed by atoms with Crippen LogP contribution in [0.15, 0.2) is 18.2 Å². The van der Waals surface area contributed by atoms with Crippen LogP contribution in [0.25, 0.3) is 0 Å². The van der Waals surface area contributed by atoms with Crippen molar-refractivity contribution < 1.29 is 0 Å². The maximum atomic E-state index is 6.35. The average molecular weight is 317 g/mol. The molecule has 1 fully saturated rings. The average Bonchev–Trinajstić information content (AvgIpc) is 2.78. The van der Waals surface area contributed by atoms with Crippen LogP contribution in [0, 0.1) is 5.92 Å². The first kappa shape index (κ1) is 13.2. The van der Waals surface area contributed by atoms with Gasteiger partial charge in [0.05, 0.1) is 10.7 Å². The SMILES string of the molecule is CCCC1CCN(c2ccc(CBr)cc2Cl)C1. The molecule has 1 nitrogen and oxygen atoms in total. The number of nitrogens with zero attached hydrogens (tertiary/aromatic N) is 1. The van der Waals surface area contributed by atoms with E-state index in [1.165, 1.54) is 37.1 Å². The van der Waals surface area contributed by atoms with Gasteiger partial charge in [0, 0.05) is 18.4 Å². The van der Waals surface area contributed by atoms with Crippen molar-refractivity contribution in [2.24, 2.45) is 5.92 Å². The van der Waals surface area contributed by atoms with Crippen molar-refractivity contribution in [3.63, 3.8) is 0 Å². The molecule has 1 aliphatic rings. The molecule has 1 aliphatic heterocycles. The van der Waals surface area contributed by atoms with Gasteiger partial charge in [-0.2, -0.15) is 0 Å². The van der Waals surface area contributed by atoms with E-state index in [9.17, 15) is 0 Å². The third kappa shape index (κ3) is 3.17. The van der Waals surface area contributed by atoms with E-state index in [1.807, 2.05) is 0 Å². The lowest BCUT2D eigenvalue weighted by atomic mass is 10.0. The summed E-state index contributed by atoms with van der Waals surface area (Å²) in [5, 5.41) is 1.75. The molecule has 17 heavy (non-hydrogen) atoms. The minimum Gasteiger partial charge on any atom is -0.370 e. The van der Waals surface area contributed by atoms with Gasteiger partial charge in [-0.1, -0.05) is 46.9 Å². The number of alkyl halides is 1. The Labute approximate surface area is 117 Å². The molecule has 1 heterocycles. The molecule has 1 unspecified atom stereocenters. The number of benzene rings is 1. The Morgan fingerprint density at radius 1 is 1.47 bits per heavy atom. The van der Waals surface area contributed by atoms with Crippen molar-refractivity contribution in [3.8, 4) is 0 Å². The van der Waals surface area contributed by atoms with E-state index < -0.39 is 0 Å². The zero-order chi connectivity index (χ0) is 12.3. The molecule has 0 amide bonds. The highest BCUT2D eigenvalue weighted by Crippen LogP contribution is 2.32. The van der Waals surface area contributed by atoms with Crippen molar-refractivity contribution in [1.82, 2.24) is 0 Å². The van der Waals surface area contributed by atoms with Gasteiger partial charge < -0.3 is 4.90 Å². The molecule has 2 rings (SSSR count). The smallest absolute Gasteiger partial charge is 0.0642 e. The van der Waals surface area contributed by atoms with Crippen LogP contribution in [0.1, 0.15) is 31.7 Å². The lowest BCUT2D eigenvalue weighted by Crippen LogP contribution is -2.19. The molecule has 0 aromatic heterocycles. The molecular weight excluding hydrogens is 298 g/mol. The van der Waals surface area contributed by atoms with Crippen molar-refractivity contribution >= 4 is 33.2 Å². The molecule has 1 atom stereocenters. The van der Waals surface area contributed by atoms with Crippen LogP contribution in [0.5, 0.6) is 0 Å². The standard InChI is InChI=1S/C14H19BrClN/c1-2-3-11-6-7-17(10-11)14-5-4-12(9-15)8-13(14)16/h4-5,8,11H,2-3,6-7,9-10H2,1H3. The van der Waals surface area contributed by atoms with Crippen LogP contribution in [0.4, 0.5) is 5.69 Å². The minimum absolute atomic E-state index is 0.854. The van der Waals surface area contributed by atoms with Gasteiger partial charge in [-0.05, 0) is 36.5 Å². The molecule has 3 heteroatoms. The Balaban J connectivity index is 2.08. The highest BCUT2D eigenvalue weighted by Gasteiger charge is 2.23. The molecule has 1 aromatic carbocycles. The fraction of sp³-hybridized carbons (Fsp3) is 0.571. The van der Waals surface area contributed by atoms with Crippen LogP contribution in [0.2, 0.25) is 5.02 Å². The van der Waals surface area contributed by atoms with Crippen molar-refractivity contribution in [1.29, 1.82) is 0 Å². The first-order valence-corrected chi connectivity index (χ1v) is 7.84. The normalized spacial score (nSPS) is 19.9. The largest absolute Gasteiger partial charge is 0.370 e. The third-order valence-electron chi connectivity index (χ3n) is 3.49. The molecule has 1 aromatic rings. The minimum atomic E-state index is 0.854. The summed E-state index contributed by atoms with van der Waals surface area (Å²) in [6.07, 6.45) is 3.94. The molecule has 0 radical (unpaired) electrons. The summed E-state index contributed by atoms with van der Waals surface area (Å²) in [4.78, 5) is 2.43. The van der Waals surface area contributed by atoms with E-state index in [1.54, 1.807) is 0 Å². The molecular formula is C14H19BrClN. The number of hydrogen-bond acceptors (Lipinski definition) is 1. The summed E-state index contributed by atoms with van der Waals surface area (Å²) >= 11 is 9.81. The zero-order valence-electron chi connectivity index (χ0n) is 10.3. The van der Waals surface area contributed by atoms with Gasteiger partial charge in [-0.15, -0.1) is 0 Å².